The summed E-state index contributed by atoms with van der Waals surface area (Å²) >= 11 is 2.83. The molecule has 134 valence electrons. The van der Waals surface area contributed by atoms with Gasteiger partial charge in [0, 0.05) is 16.9 Å². The summed E-state index contributed by atoms with van der Waals surface area (Å²) in [5.74, 6) is -0.130. The van der Waals surface area contributed by atoms with Gasteiger partial charge in [-0.25, -0.2) is 4.98 Å². The highest BCUT2D eigenvalue weighted by Crippen LogP contribution is 2.31. The Balaban J connectivity index is 2.06. The Morgan fingerprint density at radius 1 is 1.36 bits per heavy atom. The molecule has 0 saturated carbocycles. The normalized spacial score (nSPS) is 11.4. The summed E-state index contributed by atoms with van der Waals surface area (Å²) in [5, 5.41) is 15.9. The molecule has 1 aromatic carbocycles. The fourth-order valence-electron chi connectivity index (χ4n) is 2.22. The second-order valence-electron chi connectivity index (χ2n) is 6.82. The van der Waals surface area contributed by atoms with Crippen LogP contribution < -0.4 is 5.32 Å². The van der Waals surface area contributed by atoms with Crippen LogP contribution in [0.3, 0.4) is 0 Å². The van der Waals surface area contributed by atoms with Crippen molar-refractivity contribution < 1.29 is 9.72 Å². The van der Waals surface area contributed by atoms with Gasteiger partial charge in [0.1, 0.15) is 5.69 Å². The van der Waals surface area contributed by atoms with Crippen molar-refractivity contribution in [3.63, 3.8) is 0 Å². The second kappa shape index (κ2) is 7.53. The number of aromatic nitrogens is 1. The standard InChI is InChI=1S/C17H21N3O3S2/c1-10-6-11(2)15(12(7-10)20(22)23)19-14(21)9-25-16-18-13(8-24-16)17(3,4)5/h6-8H,9H2,1-5H3,(H,19,21). The molecule has 0 spiro atoms. The molecule has 0 bridgehead atoms. The Morgan fingerprint density at radius 2 is 2.04 bits per heavy atom. The number of nitro benzene ring substituents is 1. The van der Waals surface area contributed by atoms with Crippen LogP contribution in [0.2, 0.25) is 0 Å². The van der Waals surface area contributed by atoms with Crippen LogP contribution in [-0.2, 0) is 10.2 Å². The highest BCUT2D eigenvalue weighted by atomic mass is 32.2. The van der Waals surface area contributed by atoms with Crippen LogP contribution in [0.1, 0.15) is 37.6 Å². The molecule has 25 heavy (non-hydrogen) atoms. The number of anilines is 1. The molecule has 1 N–H and O–H groups in total. The molecular formula is C17H21N3O3S2. The summed E-state index contributed by atoms with van der Waals surface area (Å²) in [7, 11) is 0. The minimum Gasteiger partial charge on any atom is -0.319 e. The lowest BCUT2D eigenvalue weighted by molar-refractivity contribution is -0.384. The molecule has 0 aliphatic rings. The first kappa shape index (κ1) is 19.4. The van der Waals surface area contributed by atoms with Crippen molar-refractivity contribution in [1.82, 2.24) is 4.98 Å². The Bertz CT molecular complexity index is 810. The van der Waals surface area contributed by atoms with Crippen LogP contribution in [-0.4, -0.2) is 21.6 Å². The van der Waals surface area contributed by atoms with Gasteiger partial charge in [-0.2, -0.15) is 0 Å². The minimum absolute atomic E-state index is 0.0306. The van der Waals surface area contributed by atoms with Crippen molar-refractivity contribution in [1.29, 1.82) is 0 Å². The van der Waals surface area contributed by atoms with Gasteiger partial charge in [0.15, 0.2) is 4.34 Å². The predicted octanol–water partition coefficient (Wildman–Crippen LogP) is 4.70. The van der Waals surface area contributed by atoms with Crippen LogP contribution in [0.25, 0.3) is 0 Å². The topological polar surface area (TPSA) is 85.1 Å². The van der Waals surface area contributed by atoms with Gasteiger partial charge in [0.25, 0.3) is 5.69 Å². The highest BCUT2D eigenvalue weighted by molar-refractivity contribution is 8.01. The van der Waals surface area contributed by atoms with E-state index in [0.29, 0.717) is 5.56 Å². The van der Waals surface area contributed by atoms with Gasteiger partial charge in [0.05, 0.1) is 16.4 Å². The molecule has 2 rings (SSSR count). The van der Waals surface area contributed by atoms with Gasteiger partial charge in [-0.3, -0.25) is 14.9 Å². The van der Waals surface area contributed by atoms with Crippen LogP contribution >= 0.6 is 23.1 Å². The number of carbonyl (C=O) groups is 1. The highest BCUT2D eigenvalue weighted by Gasteiger charge is 2.20. The van der Waals surface area contributed by atoms with Gasteiger partial charge < -0.3 is 5.32 Å². The number of amides is 1. The largest absolute Gasteiger partial charge is 0.319 e. The predicted molar refractivity (Wildman–Crippen MR) is 103 cm³/mol. The number of benzene rings is 1. The molecule has 0 radical (unpaired) electrons. The number of thioether (sulfide) groups is 1. The van der Waals surface area contributed by atoms with Crippen LogP contribution in [0.5, 0.6) is 0 Å². The number of rotatable bonds is 5. The first-order valence-electron chi connectivity index (χ1n) is 7.72. The molecule has 0 aliphatic carbocycles. The number of nitrogens with one attached hydrogen (secondary N) is 1. The molecule has 8 heteroatoms. The van der Waals surface area contributed by atoms with E-state index in [4.69, 9.17) is 0 Å². The number of thiazole rings is 1. The first-order valence-corrected chi connectivity index (χ1v) is 9.58. The van der Waals surface area contributed by atoms with Gasteiger partial charge >= 0.3 is 0 Å². The molecule has 6 nitrogen and oxygen atoms in total. The van der Waals surface area contributed by atoms with Crippen molar-refractivity contribution in [3.05, 3.63) is 44.4 Å². The van der Waals surface area contributed by atoms with E-state index in [-0.39, 0.29) is 28.4 Å². The monoisotopic (exact) mass is 379 g/mol. The smallest absolute Gasteiger partial charge is 0.293 e. The molecular weight excluding hydrogens is 358 g/mol. The van der Waals surface area contributed by atoms with E-state index in [0.717, 1.165) is 15.6 Å². The number of nitrogens with zero attached hydrogens (tertiary/aromatic N) is 2. The van der Waals surface area contributed by atoms with E-state index in [1.165, 1.54) is 29.2 Å². The SMILES string of the molecule is Cc1cc(C)c(NC(=O)CSc2nc(C(C)(C)C)cs2)c([N+](=O)[O-])c1. The van der Waals surface area contributed by atoms with Crippen LogP contribution in [0.15, 0.2) is 21.9 Å². The first-order chi connectivity index (χ1) is 11.6. The van der Waals surface area contributed by atoms with Crippen LogP contribution in [0, 0.1) is 24.0 Å². The fourth-order valence-corrected chi connectivity index (χ4v) is 4.08. The number of carbonyl (C=O) groups excluding carboxylic acids is 1. The molecule has 0 unspecified atom stereocenters. The van der Waals surface area contributed by atoms with E-state index in [1.54, 1.807) is 13.8 Å². The summed E-state index contributed by atoms with van der Waals surface area (Å²) in [5.41, 5.74) is 2.60. The Kier molecular flexibility index (Phi) is 5.84. The summed E-state index contributed by atoms with van der Waals surface area (Å²) in [6.45, 7) is 9.80. The third-order valence-corrected chi connectivity index (χ3v) is 5.52. The van der Waals surface area contributed by atoms with E-state index in [2.05, 4.69) is 31.1 Å². The van der Waals surface area contributed by atoms with Gasteiger partial charge in [-0.15, -0.1) is 11.3 Å². The molecule has 1 aromatic heterocycles. The maximum absolute atomic E-state index is 12.2. The molecule has 2 aromatic rings. The molecule has 1 amide bonds. The average molecular weight is 380 g/mol. The zero-order valence-corrected chi connectivity index (χ0v) is 16.5. The second-order valence-corrected chi connectivity index (χ2v) is 8.90. The van der Waals surface area contributed by atoms with Gasteiger partial charge in [-0.1, -0.05) is 38.6 Å². The van der Waals surface area contributed by atoms with Crippen LogP contribution in [0.4, 0.5) is 11.4 Å². The van der Waals surface area contributed by atoms with Gasteiger partial charge in [-0.05, 0) is 25.0 Å². The van der Waals surface area contributed by atoms with Crippen molar-refractivity contribution in [2.75, 3.05) is 11.1 Å². The van der Waals surface area contributed by atoms with E-state index in [1.807, 2.05) is 11.4 Å². The summed E-state index contributed by atoms with van der Waals surface area (Å²) in [6, 6.07) is 3.28. The quantitative estimate of drug-likeness (QED) is 0.462. The summed E-state index contributed by atoms with van der Waals surface area (Å²) < 4.78 is 0.815. The third-order valence-electron chi connectivity index (χ3n) is 3.50. The Morgan fingerprint density at radius 3 is 2.60 bits per heavy atom. The van der Waals surface area contributed by atoms with Crippen molar-refractivity contribution in [2.24, 2.45) is 0 Å². The minimum atomic E-state index is -0.473. The zero-order valence-electron chi connectivity index (χ0n) is 14.9. The zero-order chi connectivity index (χ0) is 18.8. The van der Waals surface area contributed by atoms with Gasteiger partial charge in [0.2, 0.25) is 5.91 Å². The van der Waals surface area contributed by atoms with Crippen molar-refractivity contribution in [2.45, 2.75) is 44.4 Å². The van der Waals surface area contributed by atoms with E-state index in [9.17, 15) is 14.9 Å². The Hall–Kier alpha value is -1.93. The molecule has 0 saturated heterocycles. The number of nitro groups is 1. The third kappa shape index (κ3) is 5.02. The maximum Gasteiger partial charge on any atom is 0.293 e. The lowest BCUT2D eigenvalue weighted by Gasteiger charge is -2.14. The molecule has 0 fully saturated rings. The fraction of sp³-hybridized carbons (Fsp3) is 0.412. The molecule has 1 heterocycles. The van der Waals surface area contributed by atoms with E-state index < -0.39 is 4.92 Å². The average Bonchev–Trinajstić information content (AvgIpc) is 2.96. The van der Waals surface area contributed by atoms with Crippen molar-refractivity contribution in [3.8, 4) is 0 Å². The maximum atomic E-state index is 12.2. The number of hydrogen-bond acceptors (Lipinski definition) is 6. The van der Waals surface area contributed by atoms with Crippen molar-refractivity contribution >= 4 is 40.4 Å². The molecule has 0 aliphatic heterocycles. The Labute approximate surface area is 155 Å². The number of hydrogen-bond donors (Lipinski definition) is 1. The van der Waals surface area contributed by atoms with E-state index >= 15 is 0 Å². The number of aryl methyl sites for hydroxylation is 2. The summed E-state index contributed by atoms with van der Waals surface area (Å²) in [6.07, 6.45) is 0. The lowest BCUT2D eigenvalue weighted by atomic mass is 9.93. The molecule has 0 atom stereocenters. The summed E-state index contributed by atoms with van der Waals surface area (Å²) in [4.78, 5) is 27.5. The lowest BCUT2D eigenvalue weighted by Crippen LogP contribution is -2.16.